The zero-order valence-corrected chi connectivity index (χ0v) is 15.3. The van der Waals surface area contributed by atoms with Crippen molar-refractivity contribution in [3.8, 4) is 0 Å². The average Bonchev–Trinajstić information content (AvgIpc) is 3.13. The van der Waals surface area contributed by atoms with Gasteiger partial charge in [-0.2, -0.15) is 0 Å². The Kier molecular flexibility index (Phi) is 10.6. The van der Waals surface area contributed by atoms with E-state index in [0.717, 1.165) is 6.42 Å². The number of hydrogen-bond acceptors (Lipinski definition) is 7. The first-order chi connectivity index (χ1) is 12.5. The van der Waals surface area contributed by atoms with Crippen LogP contribution in [0, 0.1) is 5.92 Å². The molecule has 0 aromatic carbocycles. The molecular weight excluding hydrogens is 342 g/mol. The van der Waals surface area contributed by atoms with Crippen molar-refractivity contribution in [3.05, 3.63) is 24.2 Å². The number of hydrogen-bond donors (Lipinski definition) is 1. The van der Waals surface area contributed by atoms with Gasteiger partial charge in [0.1, 0.15) is 19.0 Å². The summed E-state index contributed by atoms with van der Waals surface area (Å²) < 4.78 is 20.0. The highest BCUT2D eigenvalue weighted by atomic mass is 16.6. The minimum Gasteiger partial charge on any atom is -0.467 e. The van der Waals surface area contributed by atoms with E-state index in [2.05, 4.69) is 5.32 Å². The number of rotatable bonds is 12. The van der Waals surface area contributed by atoms with E-state index in [9.17, 15) is 14.4 Å². The number of unbranched alkanes of at least 4 members (excludes halogenated alkanes) is 2. The molecule has 8 nitrogen and oxygen atoms in total. The molecule has 0 spiro atoms. The molecule has 0 radical (unpaired) electrons. The summed E-state index contributed by atoms with van der Waals surface area (Å²) >= 11 is 0. The Hall–Kier alpha value is -2.51. The lowest BCUT2D eigenvalue weighted by atomic mass is 10.2. The summed E-state index contributed by atoms with van der Waals surface area (Å²) in [5, 5.41) is 2.57. The summed E-state index contributed by atoms with van der Waals surface area (Å²) in [6.45, 7) is 4.18. The third kappa shape index (κ3) is 10.4. The molecule has 0 atom stereocenters. The monoisotopic (exact) mass is 369 g/mol. The number of amides is 1. The highest BCUT2D eigenvalue weighted by molar-refractivity contribution is 5.71. The number of nitrogens with one attached hydrogen (secondary N) is 1. The van der Waals surface area contributed by atoms with Crippen LogP contribution in [0.15, 0.2) is 22.8 Å². The highest BCUT2D eigenvalue weighted by Crippen LogP contribution is 2.03. The van der Waals surface area contributed by atoms with Gasteiger partial charge in [-0.1, -0.05) is 13.8 Å². The van der Waals surface area contributed by atoms with Gasteiger partial charge in [-0.15, -0.1) is 0 Å². The molecule has 0 saturated carbocycles. The number of ether oxygens (including phenoxy) is 3. The van der Waals surface area contributed by atoms with Crippen LogP contribution in [0.25, 0.3) is 0 Å². The largest absolute Gasteiger partial charge is 0.467 e. The van der Waals surface area contributed by atoms with Gasteiger partial charge in [-0.05, 0) is 31.4 Å². The van der Waals surface area contributed by atoms with Crippen LogP contribution in [0.5, 0.6) is 0 Å². The van der Waals surface area contributed by atoms with E-state index in [-0.39, 0.29) is 50.6 Å². The van der Waals surface area contributed by atoms with Gasteiger partial charge < -0.3 is 23.9 Å². The Labute approximate surface area is 153 Å². The smallest absolute Gasteiger partial charge is 0.407 e. The molecule has 0 aliphatic rings. The Morgan fingerprint density at radius 1 is 1.04 bits per heavy atom. The van der Waals surface area contributed by atoms with Crippen molar-refractivity contribution in [1.82, 2.24) is 5.32 Å². The van der Waals surface area contributed by atoms with Gasteiger partial charge in [-0.25, -0.2) is 4.79 Å². The minimum absolute atomic E-state index is 0.0657. The Bertz CT molecular complexity index is 540. The van der Waals surface area contributed by atoms with Crippen molar-refractivity contribution in [2.45, 2.75) is 46.1 Å². The second-order valence-corrected chi connectivity index (χ2v) is 5.92. The molecule has 1 heterocycles. The fraction of sp³-hybridized carbons (Fsp3) is 0.611. The van der Waals surface area contributed by atoms with Gasteiger partial charge in [0.2, 0.25) is 0 Å². The maximum Gasteiger partial charge on any atom is 0.407 e. The molecule has 1 N–H and O–H groups in total. The number of carbonyl (C=O) groups is 3. The number of alkyl carbamates (subject to hydrolysis) is 1. The number of carbonyl (C=O) groups excluding carboxylic acids is 3. The van der Waals surface area contributed by atoms with E-state index >= 15 is 0 Å². The molecule has 0 unspecified atom stereocenters. The van der Waals surface area contributed by atoms with Crippen LogP contribution in [0.4, 0.5) is 4.79 Å². The predicted molar refractivity (Wildman–Crippen MR) is 92.1 cm³/mol. The molecule has 0 bridgehead atoms. The van der Waals surface area contributed by atoms with Crippen molar-refractivity contribution in [3.63, 3.8) is 0 Å². The summed E-state index contributed by atoms with van der Waals surface area (Å²) in [5.41, 5.74) is 0. The molecule has 1 aromatic rings. The quantitative estimate of drug-likeness (QED) is 0.343. The lowest BCUT2D eigenvalue weighted by molar-refractivity contribution is -0.154. The first kappa shape index (κ1) is 21.5. The summed E-state index contributed by atoms with van der Waals surface area (Å²) in [4.78, 5) is 34.1. The molecule has 1 rings (SSSR count). The fourth-order valence-corrected chi connectivity index (χ4v) is 1.87. The van der Waals surface area contributed by atoms with Crippen LogP contribution in [0.3, 0.4) is 0 Å². The van der Waals surface area contributed by atoms with E-state index < -0.39 is 6.09 Å². The Balaban J connectivity index is 1.90. The minimum atomic E-state index is -0.503. The standard InChI is InChI=1S/C18H27NO7/c1-14(2)17(21)25-12-11-24-16(20)8-4-3-5-9-26-18(22)19-13-15-7-6-10-23-15/h6-7,10,14H,3-5,8-9,11-13H2,1-2H3,(H,19,22). The lowest BCUT2D eigenvalue weighted by Crippen LogP contribution is -2.23. The van der Waals surface area contributed by atoms with E-state index in [1.807, 2.05) is 0 Å². The second-order valence-electron chi connectivity index (χ2n) is 5.92. The van der Waals surface area contributed by atoms with Gasteiger partial charge in [0, 0.05) is 6.42 Å². The lowest BCUT2D eigenvalue weighted by Gasteiger charge is -2.08. The zero-order valence-electron chi connectivity index (χ0n) is 15.3. The summed E-state index contributed by atoms with van der Waals surface area (Å²) in [5.74, 6) is -0.184. The molecule has 0 aliphatic carbocycles. The molecule has 146 valence electrons. The van der Waals surface area contributed by atoms with E-state index in [4.69, 9.17) is 18.6 Å². The van der Waals surface area contributed by atoms with Gasteiger partial charge in [-0.3, -0.25) is 9.59 Å². The maximum absolute atomic E-state index is 11.5. The van der Waals surface area contributed by atoms with Crippen LogP contribution in [-0.4, -0.2) is 37.9 Å². The average molecular weight is 369 g/mol. The summed E-state index contributed by atoms with van der Waals surface area (Å²) in [6.07, 6.45) is 3.35. The van der Waals surface area contributed by atoms with Crippen molar-refractivity contribution in [2.75, 3.05) is 19.8 Å². The van der Waals surface area contributed by atoms with E-state index in [1.54, 1.807) is 26.0 Å². The molecule has 26 heavy (non-hydrogen) atoms. The van der Waals surface area contributed by atoms with Crippen molar-refractivity contribution in [1.29, 1.82) is 0 Å². The topological polar surface area (TPSA) is 104 Å². The van der Waals surface area contributed by atoms with Crippen LogP contribution in [-0.2, 0) is 30.3 Å². The highest BCUT2D eigenvalue weighted by Gasteiger charge is 2.09. The summed E-state index contributed by atoms with van der Waals surface area (Å²) in [6, 6.07) is 3.50. The third-order valence-electron chi connectivity index (χ3n) is 3.31. The van der Waals surface area contributed by atoms with Gasteiger partial charge >= 0.3 is 18.0 Å². The van der Waals surface area contributed by atoms with Crippen LogP contribution < -0.4 is 5.32 Å². The van der Waals surface area contributed by atoms with Crippen LogP contribution in [0.1, 0.15) is 45.3 Å². The molecule has 0 fully saturated rings. The van der Waals surface area contributed by atoms with E-state index in [1.165, 1.54) is 6.26 Å². The summed E-state index contributed by atoms with van der Waals surface area (Å²) in [7, 11) is 0. The van der Waals surface area contributed by atoms with Gasteiger partial charge in [0.05, 0.1) is 25.3 Å². The fourth-order valence-electron chi connectivity index (χ4n) is 1.87. The van der Waals surface area contributed by atoms with E-state index in [0.29, 0.717) is 18.6 Å². The molecule has 0 saturated heterocycles. The predicted octanol–water partition coefficient (Wildman–Crippen LogP) is 2.81. The van der Waals surface area contributed by atoms with Crippen molar-refractivity contribution >= 4 is 18.0 Å². The SMILES string of the molecule is CC(C)C(=O)OCCOC(=O)CCCCCOC(=O)NCc1ccco1. The van der Waals surface area contributed by atoms with Crippen molar-refractivity contribution in [2.24, 2.45) is 5.92 Å². The van der Waals surface area contributed by atoms with Crippen LogP contribution >= 0.6 is 0 Å². The Morgan fingerprint density at radius 2 is 1.81 bits per heavy atom. The molecule has 1 aromatic heterocycles. The molecule has 8 heteroatoms. The van der Waals surface area contributed by atoms with Crippen LogP contribution in [0.2, 0.25) is 0 Å². The molecular formula is C18H27NO7. The maximum atomic E-state index is 11.5. The Morgan fingerprint density at radius 3 is 2.50 bits per heavy atom. The number of esters is 2. The van der Waals surface area contributed by atoms with Gasteiger partial charge in [0.25, 0.3) is 0 Å². The first-order valence-electron chi connectivity index (χ1n) is 8.74. The third-order valence-corrected chi connectivity index (χ3v) is 3.31. The van der Waals surface area contributed by atoms with Crippen molar-refractivity contribution < 1.29 is 33.0 Å². The molecule has 1 amide bonds. The normalized spacial score (nSPS) is 10.4. The first-order valence-corrected chi connectivity index (χ1v) is 8.74. The second kappa shape index (κ2) is 12.8. The number of furan rings is 1. The van der Waals surface area contributed by atoms with Gasteiger partial charge in [0.15, 0.2) is 0 Å². The zero-order chi connectivity index (χ0) is 19.2. The molecule has 0 aliphatic heterocycles.